The minimum absolute atomic E-state index is 0.0162. The topological polar surface area (TPSA) is 12.0 Å². The van der Waals surface area contributed by atoms with Crippen LogP contribution in [0.2, 0.25) is 0 Å². The zero-order valence-electron chi connectivity index (χ0n) is 11.8. The molecule has 0 bridgehead atoms. The highest BCUT2D eigenvalue weighted by Crippen LogP contribution is 2.23. The predicted molar refractivity (Wildman–Crippen MR) is 77.7 cm³/mol. The molecule has 0 radical (unpaired) electrons. The number of hydrogen-bond acceptors (Lipinski definition) is 1. The minimum Gasteiger partial charge on any atom is -0.310 e. The van der Waals surface area contributed by atoms with Crippen LogP contribution in [0.15, 0.2) is 42.5 Å². The van der Waals surface area contributed by atoms with Gasteiger partial charge in [0.1, 0.15) is 11.6 Å². The van der Waals surface area contributed by atoms with Gasteiger partial charge in [-0.1, -0.05) is 31.2 Å². The summed E-state index contributed by atoms with van der Waals surface area (Å²) < 4.78 is 27.1. The minimum atomic E-state index is -0.401. The third kappa shape index (κ3) is 3.42. The molecular weight excluding hydrogens is 256 g/mol. The van der Waals surface area contributed by atoms with Gasteiger partial charge in [-0.05, 0) is 54.8 Å². The van der Waals surface area contributed by atoms with E-state index in [0.717, 1.165) is 23.7 Å². The molecule has 1 N–H and O–H groups in total. The molecule has 0 aromatic heterocycles. The Bertz CT molecular complexity index is 581. The summed E-state index contributed by atoms with van der Waals surface area (Å²) in [6.45, 7) is 4.81. The van der Waals surface area contributed by atoms with Crippen molar-refractivity contribution < 1.29 is 8.78 Å². The van der Waals surface area contributed by atoms with Crippen molar-refractivity contribution >= 4 is 0 Å². The summed E-state index contributed by atoms with van der Waals surface area (Å²) in [6.07, 6.45) is 0.433. The van der Waals surface area contributed by atoms with Gasteiger partial charge in [0.25, 0.3) is 0 Å². The molecule has 0 amide bonds. The highest BCUT2D eigenvalue weighted by molar-refractivity contribution is 5.31. The fraction of sp³-hybridized carbons (Fsp3) is 0.294. The molecule has 0 spiro atoms. The Morgan fingerprint density at radius 1 is 1.10 bits per heavy atom. The van der Waals surface area contributed by atoms with Crippen molar-refractivity contribution in [1.82, 2.24) is 5.32 Å². The third-order valence-corrected chi connectivity index (χ3v) is 3.45. The second kappa shape index (κ2) is 6.62. The number of nitrogens with one attached hydrogen (secondary N) is 1. The van der Waals surface area contributed by atoms with E-state index in [1.165, 1.54) is 12.1 Å². The molecule has 2 aromatic rings. The molecule has 0 saturated heterocycles. The van der Waals surface area contributed by atoms with Crippen LogP contribution in [0.5, 0.6) is 0 Å². The monoisotopic (exact) mass is 275 g/mol. The van der Waals surface area contributed by atoms with Crippen LogP contribution in [0.25, 0.3) is 0 Å². The normalized spacial score (nSPS) is 12.4. The van der Waals surface area contributed by atoms with Crippen LogP contribution in [0.3, 0.4) is 0 Å². The molecule has 0 aliphatic rings. The van der Waals surface area contributed by atoms with Gasteiger partial charge in [-0.3, -0.25) is 0 Å². The zero-order valence-corrected chi connectivity index (χ0v) is 11.8. The average molecular weight is 275 g/mol. The molecule has 0 aliphatic heterocycles. The van der Waals surface area contributed by atoms with E-state index in [-0.39, 0.29) is 11.9 Å². The Morgan fingerprint density at radius 3 is 2.55 bits per heavy atom. The van der Waals surface area contributed by atoms with Gasteiger partial charge in [0.05, 0.1) is 0 Å². The molecule has 0 fully saturated rings. The van der Waals surface area contributed by atoms with E-state index in [9.17, 15) is 8.78 Å². The lowest BCUT2D eigenvalue weighted by Crippen LogP contribution is -2.24. The number of aryl methyl sites for hydroxylation is 1. The molecule has 1 atom stereocenters. The maximum absolute atomic E-state index is 13.8. The Balaban J connectivity index is 2.30. The van der Waals surface area contributed by atoms with Crippen molar-refractivity contribution in [2.24, 2.45) is 0 Å². The number of likely N-dealkylation sites (N-methyl/N-ethyl adjacent to an activating group) is 1. The van der Waals surface area contributed by atoms with Crippen molar-refractivity contribution in [2.45, 2.75) is 26.3 Å². The van der Waals surface area contributed by atoms with Crippen molar-refractivity contribution in [3.05, 3.63) is 70.8 Å². The molecule has 0 heterocycles. The largest absolute Gasteiger partial charge is 0.310 e. The number of halogens is 2. The fourth-order valence-corrected chi connectivity index (χ4v) is 2.44. The Kier molecular flexibility index (Phi) is 4.85. The lowest BCUT2D eigenvalue weighted by Gasteiger charge is -2.21. The van der Waals surface area contributed by atoms with E-state index < -0.39 is 5.82 Å². The van der Waals surface area contributed by atoms with E-state index in [1.807, 2.05) is 38.1 Å². The SMILES string of the molecule is CCNC(Cc1cc(F)ccc1F)c1ccccc1C. The molecule has 106 valence electrons. The molecule has 2 rings (SSSR count). The smallest absolute Gasteiger partial charge is 0.126 e. The molecular formula is C17H19F2N. The summed E-state index contributed by atoms with van der Waals surface area (Å²) in [5, 5.41) is 3.35. The highest BCUT2D eigenvalue weighted by Gasteiger charge is 2.15. The summed E-state index contributed by atoms with van der Waals surface area (Å²) >= 11 is 0. The molecule has 0 aliphatic carbocycles. The first kappa shape index (κ1) is 14.7. The molecule has 0 saturated carbocycles. The summed E-state index contributed by atoms with van der Waals surface area (Å²) in [6, 6.07) is 11.6. The van der Waals surface area contributed by atoms with E-state index in [2.05, 4.69) is 5.32 Å². The Morgan fingerprint density at radius 2 is 1.85 bits per heavy atom. The Labute approximate surface area is 118 Å². The molecule has 1 unspecified atom stereocenters. The Hall–Kier alpha value is -1.74. The van der Waals surface area contributed by atoms with Crippen LogP contribution in [-0.4, -0.2) is 6.54 Å². The van der Waals surface area contributed by atoms with Gasteiger partial charge in [0.15, 0.2) is 0 Å². The number of rotatable bonds is 5. The zero-order chi connectivity index (χ0) is 14.5. The van der Waals surface area contributed by atoms with Crippen molar-refractivity contribution in [3.8, 4) is 0 Å². The van der Waals surface area contributed by atoms with Crippen LogP contribution in [0.4, 0.5) is 8.78 Å². The van der Waals surface area contributed by atoms with Crippen LogP contribution < -0.4 is 5.32 Å². The van der Waals surface area contributed by atoms with Crippen molar-refractivity contribution in [1.29, 1.82) is 0 Å². The van der Waals surface area contributed by atoms with Gasteiger partial charge >= 0.3 is 0 Å². The average Bonchev–Trinajstić information content (AvgIpc) is 2.43. The van der Waals surface area contributed by atoms with E-state index in [4.69, 9.17) is 0 Å². The van der Waals surface area contributed by atoms with Crippen LogP contribution >= 0.6 is 0 Å². The maximum atomic E-state index is 13.8. The van der Waals surface area contributed by atoms with Gasteiger partial charge in [-0.2, -0.15) is 0 Å². The first-order valence-corrected chi connectivity index (χ1v) is 6.84. The summed E-state index contributed by atoms with van der Waals surface area (Å²) in [5.74, 6) is -0.760. The van der Waals surface area contributed by atoms with Gasteiger partial charge in [-0.25, -0.2) is 8.78 Å². The molecule has 1 nitrogen and oxygen atoms in total. The standard InChI is InChI=1S/C17H19F2N/c1-3-20-17(15-7-5-4-6-12(15)2)11-13-10-14(18)8-9-16(13)19/h4-10,17,20H,3,11H2,1-2H3. The van der Waals surface area contributed by atoms with E-state index in [0.29, 0.717) is 12.0 Å². The summed E-state index contributed by atoms with van der Waals surface area (Å²) in [5.41, 5.74) is 2.67. The fourth-order valence-electron chi connectivity index (χ4n) is 2.44. The molecule has 3 heteroatoms. The third-order valence-electron chi connectivity index (χ3n) is 3.45. The predicted octanol–water partition coefficient (Wildman–Crippen LogP) is 4.17. The lowest BCUT2D eigenvalue weighted by molar-refractivity contribution is 0.520. The summed E-state index contributed by atoms with van der Waals surface area (Å²) in [7, 11) is 0. The maximum Gasteiger partial charge on any atom is 0.126 e. The van der Waals surface area contributed by atoms with Gasteiger partial charge < -0.3 is 5.32 Å². The van der Waals surface area contributed by atoms with Gasteiger partial charge in [-0.15, -0.1) is 0 Å². The number of hydrogen-bond donors (Lipinski definition) is 1. The van der Waals surface area contributed by atoms with Crippen molar-refractivity contribution in [2.75, 3.05) is 6.54 Å². The van der Waals surface area contributed by atoms with Gasteiger partial charge in [0.2, 0.25) is 0 Å². The lowest BCUT2D eigenvalue weighted by atomic mass is 9.95. The first-order valence-electron chi connectivity index (χ1n) is 6.84. The second-order valence-electron chi connectivity index (χ2n) is 4.91. The molecule has 20 heavy (non-hydrogen) atoms. The van der Waals surface area contributed by atoms with Crippen LogP contribution in [-0.2, 0) is 6.42 Å². The van der Waals surface area contributed by atoms with Crippen LogP contribution in [0.1, 0.15) is 29.7 Å². The van der Waals surface area contributed by atoms with Crippen LogP contribution in [0, 0.1) is 18.6 Å². The van der Waals surface area contributed by atoms with E-state index in [1.54, 1.807) is 0 Å². The quantitative estimate of drug-likeness (QED) is 0.863. The van der Waals surface area contributed by atoms with E-state index >= 15 is 0 Å². The first-order chi connectivity index (χ1) is 9.61. The molecule has 2 aromatic carbocycles. The summed E-state index contributed by atoms with van der Waals surface area (Å²) in [4.78, 5) is 0. The second-order valence-corrected chi connectivity index (χ2v) is 4.91. The number of benzene rings is 2. The highest BCUT2D eigenvalue weighted by atomic mass is 19.1. The van der Waals surface area contributed by atoms with Crippen molar-refractivity contribution in [3.63, 3.8) is 0 Å². The van der Waals surface area contributed by atoms with Gasteiger partial charge in [0, 0.05) is 6.04 Å².